The van der Waals surface area contributed by atoms with E-state index in [0.717, 1.165) is 30.0 Å². The lowest BCUT2D eigenvalue weighted by atomic mass is 10.00. The van der Waals surface area contributed by atoms with Crippen molar-refractivity contribution in [2.75, 3.05) is 13.6 Å². The SMILES string of the molecule is CN(CC(=O)NC1CC2CCC(C1)N2)S(=O)(=O)c1ccc(Cl)cc1.Cl. The molecule has 2 aliphatic heterocycles. The van der Waals surface area contributed by atoms with E-state index >= 15 is 0 Å². The van der Waals surface area contributed by atoms with Gasteiger partial charge in [0, 0.05) is 30.2 Å². The van der Waals surface area contributed by atoms with Gasteiger partial charge in [0.2, 0.25) is 15.9 Å². The number of benzene rings is 1. The van der Waals surface area contributed by atoms with Gasteiger partial charge in [-0.15, -0.1) is 12.4 Å². The van der Waals surface area contributed by atoms with Crippen LogP contribution < -0.4 is 10.6 Å². The van der Waals surface area contributed by atoms with Gasteiger partial charge in [-0.05, 0) is 49.9 Å². The van der Waals surface area contributed by atoms with Crippen LogP contribution in [0.1, 0.15) is 25.7 Å². The van der Waals surface area contributed by atoms with Crippen molar-refractivity contribution in [2.45, 2.75) is 48.7 Å². The van der Waals surface area contributed by atoms with Crippen molar-refractivity contribution in [3.8, 4) is 0 Å². The van der Waals surface area contributed by atoms with E-state index in [0.29, 0.717) is 17.1 Å². The summed E-state index contributed by atoms with van der Waals surface area (Å²) >= 11 is 5.79. The second-order valence-electron chi connectivity index (χ2n) is 6.59. The summed E-state index contributed by atoms with van der Waals surface area (Å²) in [6.45, 7) is -0.190. The van der Waals surface area contributed by atoms with E-state index < -0.39 is 10.0 Å². The number of carbonyl (C=O) groups is 1. The fraction of sp³-hybridized carbons (Fsp3) is 0.562. The number of likely N-dealkylation sites (N-methyl/N-ethyl adjacent to an activating group) is 1. The highest BCUT2D eigenvalue weighted by molar-refractivity contribution is 7.89. The average Bonchev–Trinajstić information content (AvgIpc) is 2.86. The number of fused-ring (bicyclic) bond motifs is 2. The Morgan fingerprint density at radius 3 is 2.36 bits per heavy atom. The lowest BCUT2D eigenvalue weighted by Gasteiger charge is -2.30. The number of carbonyl (C=O) groups excluding carboxylic acids is 1. The van der Waals surface area contributed by atoms with Crippen molar-refractivity contribution >= 4 is 39.9 Å². The molecule has 0 aliphatic carbocycles. The number of rotatable bonds is 5. The van der Waals surface area contributed by atoms with Gasteiger partial charge in [-0.3, -0.25) is 4.79 Å². The average molecular weight is 408 g/mol. The maximum atomic E-state index is 12.5. The van der Waals surface area contributed by atoms with Gasteiger partial charge in [-0.1, -0.05) is 11.6 Å². The van der Waals surface area contributed by atoms with Crippen LogP contribution in [0.25, 0.3) is 0 Å². The van der Waals surface area contributed by atoms with Gasteiger partial charge in [0.1, 0.15) is 0 Å². The third-order valence-corrected chi connectivity index (χ3v) is 6.80. The Kier molecular flexibility index (Phi) is 6.73. The molecule has 0 aromatic heterocycles. The van der Waals surface area contributed by atoms with Gasteiger partial charge >= 0.3 is 0 Å². The van der Waals surface area contributed by atoms with E-state index in [1.807, 2.05) is 0 Å². The number of sulfonamides is 1. The molecule has 2 heterocycles. The van der Waals surface area contributed by atoms with E-state index in [2.05, 4.69) is 10.6 Å². The molecule has 1 aromatic rings. The quantitative estimate of drug-likeness (QED) is 0.779. The lowest BCUT2D eigenvalue weighted by Crippen LogP contribution is -2.50. The molecule has 2 saturated heterocycles. The molecule has 2 fully saturated rings. The maximum absolute atomic E-state index is 12.5. The van der Waals surface area contributed by atoms with Gasteiger partial charge in [0.25, 0.3) is 0 Å². The van der Waals surface area contributed by atoms with Crippen LogP contribution in [0, 0.1) is 0 Å². The fourth-order valence-electron chi connectivity index (χ4n) is 3.52. The van der Waals surface area contributed by atoms with Crippen molar-refractivity contribution in [3.05, 3.63) is 29.3 Å². The van der Waals surface area contributed by atoms with E-state index in [9.17, 15) is 13.2 Å². The number of hydrogen-bond donors (Lipinski definition) is 2. The minimum Gasteiger partial charge on any atom is -0.352 e. The highest BCUT2D eigenvalue weighted by Crippen LogP contribution is 2.26. The molecule has 6 nitrogen and oxygen atoms in total. The number of halogens is 2. The molecule has 2 atom stereocenters. The Morgan fingerprint density at radius 1 is 1.24 bits per heavy atom. The first-order chi connectivity index (χ1) is 11.3. The summed E-state index contributed by atoms with van der Waals surface area (Å²) in [6.07, 6.45) is 4.13. The lowest BCUT2D eigenvalue weighted by molar-refractivity contribution is -0.122. The van der Waals surface area contributed by atoms with Gasteiger partial charge in [-0.2, -0.15) is 4.31 Å². The van der Waals surface area contributed by atoms with Crippen molar-refractivity contribution in [1.82, 2.24) is 14.9 Å². The van der Waals surface area contributed by atoms with Crippen molar-refractivity contribution in [2.24, 2.45) is 0 Å². The first-order valence-corrected chi connectivity index (χ1v) is 9.94. The summed E-state index contributed by atoms with van der Waals surface area (Å²) in [5.74, 6) is -0.263. The smallest absolute Gasteiger partial charge is 0.243 e. The highest BCUT2D eigenvalue weighted by Gasteiger charge is 2.34. The number of nitrogens with zero attached hydrogens (tertiary/aromatic N) is 1. The molecule has 9 heteroatoms. The molecule has 1 amide bonds. The Bertz CT molecular complexity index is 700. The molecule has 2 bridgehead atoms. The van der Waals surface area contributed by atoms with Crippen molar-refractivity contribution in [3.63, 3.8) is 0 Å². The van der Waals surface area contributed by atoms with E-state index in [1.165, 1.54) is 31.3 Å². The zero-order valence-electron chi connectivity index (χ0n) is 13.9. The zero-order valence-corrected chi connectivity index (χ0v) is 16.3. The summed E-state index contributed by atoms with van der Waals surface area (Å²) in [6, 6.07) is 7.00. The molecular formula is C16H23Cl2N3O3S. The molecule has 2 unspecified atom stereocenters. The minimum absolute atomic E-state index is 0. The molecule has 3 rings (SSSR count). The van der Waals surface area contributed by atoms with Gasteiger partial charge in [0.15, 0.2) is 0 Å². The molecular weight excluding hydrogens is 385 g/mol. The second kappa shape index (κ2) is 8.22. The minimum atomic E-state index is -3.70. The summed E-state index contributed by atoms with van der Waals surface area (Å²) in [5.41, 5.74) is 0. The van der Waals surface area contributed by atoms with Gasteiger partial charge in [0.05, 0.1) is 11.4 Å². The summed E-state index contributed by atoms with van der Waals surface area (Å²) in [4.78, 5) is 12.4. The third-order valence-electron chi connectivity index (χ3n) is 4.73. The molecule has 0 saturated carbocycles. The Morgan fingerprint density at radius 2 is 1.80 bits per heavy atom. The molecule has 2 N–H and O–H groups in total. The van der Waals surface area contributed by atoms with Gasteiger partial charge in [-0.25, -0.2) is 8.42 Å². The first kappa shape index (κ1) is 20.5. The van der Waals surface area contributed by atoms with Crippen LogP contribution in [0.5, 0.6) is 0 Å². The van der Waals surface area contributed by atoms with Crippen LogP contribution in [-0.4, -0.2) is 50.3 Å². The van der Waals surface area contributed by atoms with Gasteiger partial charge < -0.3 is 10.6 Å². The number of amides is 1. The van der Waals surface area contributed by atoms with E-state index in [-0.39, 0.29) is 35.8 Å². The Balaban J connectivity index is 0.00000225. The molecule has 1 aromatic carbocycles. The molecule has 140 valence electrons. The van der Waals surface area contributed by atoms with Crippen LogP contribution in [0.15, 0.2) is 29.2 Å². The highest BCUT2D eigenvalue weighted by atomic mass is 35.5. The van der Waals surface area contributed by atoms with Crippen LogP contribution in [-0.2, 0) is 14.8 Å². The molecule has 2 aliphatic rings. The normalized spacial score (nSPS) is 25.5. The van der Waals surface area contributed by atoms with Crippen LogP contribution >= 0.6 is 24.0 Å². The largest absolute Gasteiger partial charge is 0.352 e. The number of piperidine rings is 1. The standard InChI is InChI=1S/C16H22ClN3O3S.ClH/c1-20(24(22,23)15-6-2-11(17)3-7-15)10-16(21)19-14-8-12-4-5-13(9-14)18-12;/h2-3,6-7,12-14,18H,4-5,8-10H2,1H3,(H,19,21);1H. The summed E-state index contributed by atoms with van der Waals surface area (Å²) in [5, 5.41) is 6.96. The second-order valence-corrected chi connectivity index (χ2v) is 9.07. The van der Waals surface area contributed by atoms with E-state index in [4.69, 9.17) is 11.6 Å². The first-order valence-electron chi connectivity index (χ1n) is 8.12. The van der Waals surface area contributed by atoms with Crippen molar-refractivity contribution in [1.29, 1.82) is 0 Å². The Labute approximate surface area is 159 Å². The number of nitrogens with one attached hydrogen (secondary N) is 2. The molecule has 25 heavy (non-hydrogen) atoms. The summed E-state index contributed by atoms with van der Waals surface area (Å²) < 4.78 is 26.0. The van der Waals surface area contributed by atoms with Crippen LogP contribution in [0.3, 0.4) is 0 Å². The summed E-state index contributed by atoms with van der Waals surface area (Å²) in [7, 11) is -2.29. The monoisotopic (exact) mass is 407 g/mol. The third kappa shape index (κ3) is 4.86. The predicted molar refractivity (Wildman–Crippen MR) is 99.6 cm³/mol. The molecule has 0 spiro atoms. The molecule has 0 radical (unpaired) electrons. The number of hydrogen-bond acceptors (Lipinski definition) is 4. The van der Waals surface area contributed by atoms with Crippen LogP contribution in [0.4, 0.5) is 0 Å². The van der Waals surface area contributed by atoms with Crippen LogP contribution in [0.2, 0.25) is 5.02 Å². The zero-order chi connectivity index (χ0) is 17.3. The maximum Gasteiger partial charge on any atom is 0.243 e. The Hall–Kier alpha value is -0.860. The van der Waals surface area contributed by atoms with Crippen molar-refractivity contribution < 1.29 is 13.2 Å². The topological polar surface area (TPSA) is 78.5 Å². The predicted octanol–water partition coefficient (Wildman–Crippen LogP) is 1.78. The fourth-order valence-corrected chi connectivity index (χ4v) is 4.78. The van der Waals surface area contributed by atoms with E-state index in [1.54, 1.807) is 0 Å².